The molecular formula is C19H16N2O4S. The molecule has 0 unspecified atom stereocenters. The molecule has 6 nitrogen and oxygen atoms in total. The van der Waals surface area contributed by atoms with E-state index in [1.54, 1.807) is 0 Å². The van der Waals surface area contributed by atoms with Gasteiger partial charge < -0.3 is 10.1 Å². The topological polar surface area (TPSA) is 81.5 Å². The molecule has 0 saturated carbocycles. The molecule has 0 atom stereocenters. The Balaban J connectivity index is 1.90. The van der Waals surface area contributed by atoms with E-state index in [0.717, 1.165) is 16.0 Å². The van der Waals surface area contributed by atoms with E-state index in [1.807, 2.05) is 43.3 Å². The number of nitrogens with one attached hydrogen (secondary N) is 1. The molecule has 26 heavy (non-hydrogen) atoms. The van der Waals surface area contributed by atoms with Crippen LogP contribution in [0.2, 0.25) is 0 Å². The Kier molecular flexibility index (Phi) is 4.99. The van der Waals surface area contributed by atoms with E-state index in [2.05, 4.69) is 5.32 Å². The maximum atomic E-state index is 12.6. The Morgan fingerprint density at radius 2 is 1.88 bits per heavy atom. The third kappa shape index (κ3) is 3.57. The second-order valence-electron chi connectivity index (χ2n) is 5.58. The minimum atomic E-state index is -0.516. The number of ether oxygens (including phenoxy) is 1. The lowest BCUT2D eigenvalue weighted by Gasteiger charge is -2.09. The molecule has 0 aliphatic rings. The van der Waals surface area contributed by atoms with Gasteiger partial charge in [-0.05, 0) is 30.2 Å². The highest BCUT2D eigenvalue weighted by Gasteiger charge is 2.17. The summed E-state index contributed by atoms with van der Waals surface area (Å²) in [6.07, 6.45) is 0. The molecule has 3 rings (SSSR count). The van der Waals surface area contributed by atoms with E-state index in [4.69, 9.17) is 4.74 Å². The van der Waals surface area contributed by atoms with Crippen LogP contribution in [0.25, 0.3) is 10.4 Å². The molecule has 0 bridgehead atoms. The predicted octanol–water partition coefficient (Wildman–Crippen LogP) is 4.89. The summed E-state index contributed by atoms with van der Waals surface area (Å²) >= 11 is 1.38. The van der Waals surface area contributed by atoms with Crippen LogP contribution in [0.15, 0.2) is 54.6 Å². The molecule has 132 valence electrons. The van der Waals surface area contributed by atoms with Crippen molar-refractivity contribution in [3.63, 3.8) is 0 Å². The second kappa shape index (κ2) is 7.37. The minimum absolute atomic E-state index is 0.117. The average Bonchev–Trinajstić information content (AvgIpc) is 3.04. The van der Waals surface area contributed by atoms with Gasteiger partial charge in [-0.2, -0.15) is 0 Å². The molecule has 0 saturated heterocycles. The second-order valence-corrected chi connectivity index (χ2v) is 6.64. The number of nitrogens with zero attached hydrogens (tertiary/aromatic N) is 1. The summed E-state index contributed by atoms with van der Waals surface area (Å²) in [6, 6.07) is 15.7. The smallest absolute Gasteiger partial charge is 0.271 e. The van der Waals surface area contributed by atoms with Crippen molar-refractivity contribution in [2.45, 2.75) is 6.92 Å². The number of rotatable bonds is 5. The Morgan fingerprint density at radius 3 is 2.54 bits per heavy atom. The molecule has 0 radical (unpaired) electrons. The highest BCUT2D eigenvalue weighted by Crippen LogP contribution is 2.34. The van der Waals surface area contributed by atoms with Crippen LogP contribution in [0, 0.1) is 17.0 Å². The molecule has 0 fully saturated rings. The van der Waals surface area contributed by atoms with Crippen LogP contribution >= 0.6 is 11.3 Å². The number of nitro benzene ring substituents is 1. The number of methoxy groups -OCH3 is 1. The van der Waals surface area contributed by atoms with Crippen LogP contribution in [0.3, 0.4) is 0 Å². The van der Waals surface area contributed by atoms with Gasteiger partial charge in [0.15, 0.2) is 0 Å². The molecule has 1 aromatic heterocycles. The molecule has 0 aliphatic heterocycles. The molecule has 3 aromatic rings. The summed E-state index contributed by atoms with van der Waals surface area (Å²) in [7, 11) is 1.44. The molecule has 1 heterocycles. The van der Waals surface area contributed by atoms with Crippen LogP contribution < -0.4 is 10.1 Å². The van der Waals surface area contributed by atoms with Crippen LogP contribution in [0.1, 0.15) is 15.2 Å². The number of thiophene rings is 1. The Bertz CT molecular complexity index is 967. The van der Waals surface area contributed by atoms with Crippen molar-refractivity contribution >= 4 is 28.6 Å². The largest absolute Gasteiger partial charge is 0.495 e. The van der Waals surface area contributed by atoms with Gasteiger partial charge in [0.25, 0.3) is 11.6 Å². The quantitative estimate of drug-likeness (QED) is 0.513. The third-order valence-electron chi connectivity index (χ3n) is 3.82. The maximum absolute atomic E-state index is 12.6. The van der Waals surface area contributed by atoms with E-state index in [0.29, 0.717) is 10.6 Å². The van der Waals surface area contributed by atoms with E-state index >= 15 is 0 Å². The Labute approximate surface area is 154 Å². The van der Waals surface area contributed by atoms with Crippen molar-refractivity contribution < 1.29 is 14.5 Å². The first kappa shape index (κ1) is 17.6. The van der Waals surface area contributed by atoms with Crippen molar-refractivity contribution in [3.05, 3.63) is 75.2 Å². The summed E-state index contributed by atoms with van der Waals surface area (Å²) < 4.78 is 5.18. The van der Waals surface area contributed by atoms with Crippen LogP contribution in [0.5, 0.6) is 5.75 Å². The van der Waals surface area contributed by atoms with Crippen molar-refractivity contribution in [1.82, 2.24) is 0 Å². The third-order valence-corrected chi connectivity index (χ3v) is 5.10. The number of hydrogen-bond donors (Lipinski definition) is 1. The Hall–Kier alpha value is -3.19. The first-order chi connectivity index (χ1) is 12.5. The van der Waals surface area contributed by atoms with Crippen LogP contribution in [-0.4, -0.2) is 17.9 Å². The van der Waals surface area contributed by atoms with Crippen LogP contribution in [-0.2, 0) is 0 Å². The number of benzene rings is 2. The minimum Gasteiger partial charge on any atom is -0.495 e. The summed E-state index contributed by atoms with van der Waals surface area (Å²) in [4.78, 5) is 24.6. The van der Waals surface area contributed by atoms with E-state index < -0.39 is 4.92 Å². The first-order valence-electron chi connectivity index (χ1n) is 7.79. The van der Waals surface area contributed by atoms with Crippen molar-refractivity contribution in [2.75, 3.05) is 12.4 Å². The fourth-order valence-corrected chi connectivity index (χ4v) is 3.63. The number of nitro groups is 1. The lowest BCUT2D eigenvalue weighted by atomic mass is 10.1. The molecule has 7 heteroatoms. The average molecular weight is 368 g/mol. The number of aryl methyl sites for hydroxylation is 1. The normalized spacial score (nSPS) is 10.4. The van der Waals surface area contributed by atoms with Crippen molar-refractivity contribution in [3.8, 4) is 16.2 Å². The van der Waals surface area contributed by atoms with Gasteiger partial charge in [-0.3, -0.25) is 14.9 Å². The monoisotopic (exact) mass is 368 g/mol. The zero-order valence-corrected chi connectivity index (χ0v) is 15.0. The van der Waals surface area contributed by atoms with E-state index in [1.165, 1.54) is 36.6 Å². The molecule has 1 N–H and O–H groups in total. The fraction of sp³-hybridized carbons (Fsp3) is 0.105. The molecular weight excluding hydrogens is 352 g/mol. The van der Waals surface area contributed by atoms with Crippen LogP contribution in [0.4, 0.5) is 11.4 Å². The van der Waals surface area contributed by atoms with Gasteiger partial charge in [0.05, 0.1) is 22.6 Å². The molecule has 2 aromatic carbocycles. The SMILES string of the molecule is COc1ccc([N+](=O)[O-])cc1NC(=O)c1cc(C)c(-c2ccccc2)s1. The summed E-state index contributed by atoms with van der Waals surface area (Å²) in [5.41, 5.74) is 2.19. The molecule has 1 amide bonds. The van der Waals surface area contributed by atoms with Gasteiger partial charge in [0.2, 0.25) is 0 Å². The van der Waals surface area contributed by atoms with Gasteiger partial charge in [-0.1, -0.05) is 30.3 Å². The summed E-state index contributed by atoms with van der Waals surface area (Å²) in [5.74, 6) is 0.0274. The molecule has 0 spiro atoms. The first-order valence-corrected chi connectivity index (χ1v) is 8.61. The van der Waals surface area contributed by atoms with Gasteiger partial charge in [-0.25, -0.2) is 0 Å². The van der Waals surface area contributed by atoms with Gasteiger partial charge in [0, 0.05) is 17.0 Å². The number of carbonyl (C=O) groups excluding carboxylic acids is 1. The lowest BCUT2D eigenvalue weighted by Crippen LogP contribution is -2.11. The number of carbonyl (C=O) groups is 1. The van der Waals surface area contributed by atoms with Gasteiger partial charge >= 0.3 is 0 Å². The van der Waals surface area contributed by atoms with E-state index in [-0.39, 0.29) is 17.3 Å². The van der Waals surface area contributed by atoms with E-state index in [9.17, 15) is 14.9 Å². The lowest BCUT2D eigenvalue weighted by molar-refractivity contribution is -0.384. The molecule has 0 aliphatic carbocycles. The van der Waals surface area contributed by atoms with Crippen molar-refractivity contribution in [2.24, 2.45) is 0 Å². The van der Waals surface area contributed by atoms with Crippen molar-refractivity contribution in [1.29, 1.82) is 0 Å². The van der Waals surface area contributed by atoms with Gasteiger partial charge in [0.1, 0.15) is 5.75 Å². The zero-order chi connectivity index (χ0) is 18.7. The number of hydrogen-bond acceptors (Lipinski definition) is 5. The van der Waals surface area contributed by atoms with Gasteiger partial charge in [-0.15, -0.1) is 11.3 Å². The maximum Gasteiger partial charge on any atom is 0.271 e. The predicted molar refractivity (Wildman–Crippen MR) is 102 cm³/mol. The standard InChI is InChI=1S/C19H16N2O4S/c1-12-10-17(26-18(12)13-6-4-3-5-7-13)19(22)20-15-11-14(21(23)24)8-9-16(15)25-2/h3-11H,1-2H3,(H,20,22). The zero-order valence-electron chi connectivity index (χ0n) is 14.2. The fourth-order valence-electron chi connectivity index (χ4n) is 2.56. The Morgan fingerprint density at radius 1 is 1.15 bits per heavy atom. The summed E-state index contributed by atoms with van der Waals surface area (Å²) in [5, 5.41) is 13.7. The highest BCUT2D eigenvalue weighted by molar-refractivity contribution is 7.17. The number of amides is 1. The highest BCUT2D eigenvalue weighted by atomic mass is 32.1. The number of non-ortho nitro benzene ring substituents is 1. The number of anilines is 1. The summed E-state index contributed by atoms with van der Waals surface area (Å²) in [6.45, 7) is 1.95.